The standard InChI is InChI=1S/C13H24N2S/c1-4-6-7-12(5-2)8-14-9-13-11(3)15-10-16-13/h10,12,14H,4-9H2,1-3H3. The molecule has 1 heterocycles. The molecule has 0 saturated heterocycles. The minimum absolute atomic E-state index is 0.841. The molecule has 92 valence electrons. The van der Waals surface area contributed by atoms with Crippen LogP contribution in [-0.4, -0.2) is 11.5 Å². The third-order valence-electron chi connectivity index (χ3n) is 3.11. The normalized spacial score (nSPS) is 12.9. The van der Waals surface area contributed by atoms with Crippen LogP contribution in [0.2, 0.25) is 0 Å². The highest BCUT2D eigenvalue weighted by molar-refractivity contribution is 7.09. The van der Waals surface area contributed by atoms with E-state index in [1.165, 1.54) is 36.3 Å². The average Bonchev–Trinajstić information content (AvgIpc) is 2.69. The van der Waals surface area contributed by atoms with Crippen molar-refractivity contribution in [3.05, 3.63) is 16.1 Å². The second-order valence-electron chi connectivity index (χ2n) is 4.41. The van der Waals surface area contributed by atoms with Gasteiger partial charge < -0.3 is 5.32 Å². The summed E-state index contributed by atoms with van der Waals surface area (Å²) in [4.78, 5) is 5.64. The van der Waals surface area contributed by atoms with Crippen LogP contribution in [0.3, 0.4) is 0 Å². The number of aromatic nitrogens is 1. The molecule has 0 saturated carbocycles. The number of aryl methyl sites for hydroxylation is 1. The van der Waals surface area contributed by atoms with Gasteiger partial charge in [-0.3, -0.25) is 0 Å². The highest BCUT2D eigenvalue weighted by Crippen LogP contribution is 2.14. The predicted octanol–water partition coefficient (Wildman–Crippen LogP) is 3.76. The number of thiazole rings is 1. The Bertz CT molecular complexity index is 283. The van der Waals surface area contributed by atoms with Gasteiger partial charge in [0, 0.05) is 11.4 Å². The largest absolute Gasteiger partial charge is 0.312 e. The Labute approximate surface area is 103 Å². The van der Waals surface area contributed by atoms with Gasteiger partial charge in [-0.05, 0) is 25.8 Å². The van der Waals surface area contributed by atoms with Crippen molar-refractivity contribution in [2.24, 2.45) is 5.92 Å². The first-order valence-corrected chi connectivity index (χ1v) is 7.25. The fourth-order valence-corrected chi connectivity index (χ4v) is 2.58. The summed E-state index contributed by atoms with van der Waals surface area (Å²) < 4.78 is 0. The van der Waals surface area contributed by atoms with Crippen molar-refractivity contribution in [1.82, 2.24) is 10.3 Å². The van der Waals surface area contributed by atoms with E-state index in [4.69, 9.17) is 0 Å². The summed E-state index contributed by atoms with van der Waals surface area (Å²) in [6.45, 7) is 8.77. The number of hydrogen-bond donors (Lipinski definition) is 1. The van der Waals surface area contributed by atoms with Crippen molar-refractivity contribution in [1.29, 1.82) is 0 Å². The van der Waals surface area contributed by atoms with E-state index in [2.05, 4.69) is 31.1 Å². The molecule has 1 aromatic rings. The molecule has 0 spiro atoms. The molecule has 1 aromatic heterocycles. The summed E-state index contributed by atoms with van der Waals surface area (Å²) in [6.07, 6.45) is 5.32. The maximum absolute atomic E-state index is 4.26. The quantitative estimate of drug-likeness (QED) is 0.748. The monoisotopic (exact) mass is 240 g/mol. The molecule has 0 aliphatic rings. The third kappa shape index (κ3) is 4.62. The molecule has 1 unspecified atom stereocenters. The van der Waals surface area contributed by atoms with Gasteiger partial charge in [0.25, 0.3) is 0 Å². The minimum atomic E-state index is 0.841. The maximum atomic E-state index is 4.26. The number of nitrogens with one attached hydrogen (secondary N) is 1. The fourth-order valence-electron chi connectivity index (χ4n) is 1.83. The number of unbranched alkanes of at least 4 members (excludes halogenated alkanes) is 1. The van der Waals surface area contributed by atoms with E-state index in [1.807, 2.05) is 5.51 Å². The highest BCUT2D eigenvalue weighted by atomic mass is 32.1. The Morgan fingerprint density at radius 3 is 2.81 bits per heavy atom. The molecule has 0 radical (unpaired) electrons. The van der Waals surface area contributed by atoms with E-state index in [0.29, 0.717) is 0 Å². The smallest absolute Gasteiger partial charge is 0.0798 e. The van der Waals surface area contributed by atoms with Crippen LogP contribution in [-0.2, 0) is 6.54 Å². The average molecular weight is 240 g/mol. The first-order chi connectivity index (χ1) is 7.77. The molecule has 0 aliphatic heterocycles. The van der Waals surface area contributed by atoms with Gasteiger partial charge in [-0.25, -0.2) is 4.98 Å². The summed E-state index contributed by atoms with van der Waals surface area (Å²) >= 11 is 1.75. The Balaban J connectivity index is 2.20. The summed E-state index contributed by atoms with van der Waals surface area (Å²) in [5, 5.41) is 3.56. The zero-order valence-corrected chi connectivity index (χ0v) is 11.6. The van der Waals surface area contributed by atoms with Crippen LogP contribution in [0.15, 0.2) is 5.51 Å². The maximum Gasteiger partial charge on any atom is 0.0798 e. The zero-order valence-electron chi connectivity index (χ0n) is 10.8. The van der Waals surface area contributed by atoms with Crippen LogP contribution >= 0.6 is 11.3 Å². The minimum Gasteiger partial charge on any atom is -0.312 e. The number of hydrogen-bond acceptors (Lipinski definition) is 3. The van der Waals surface area contributed by atoms with Crippen molar-refractivity contribution in [2.45, 2.75) is 53.0 Å². The lowest BCUT2D eigenvalue weighted by Crippen LogP contribution is -2.22. The summed E-state index contributed by atoms with van der Waals surface area (Å²) in [6, 6.07) is 0. The number of nitrogens with zero attached hydrogens (tertiary/aromatic N) is 1. The van der Waals surface area contributed by atoms with Crippen LogP contribution in [0.1, 0.15) is 50.1 Å². The summed E-state index contributed by atoms with van der Waals surface area (Å²) in [5.74, 6) is 0.841. The molecule has 0 aromatic carbocycles. The van der Waals surface area contributed by atoms with Gasteiger partial charge in [0.2, 0.25) is 0 Å². The molecular weight excluding hydrogens is 216 g/mol. The molecule has 0 aliphatic carbocycles. The van der Waals surface area contributed by atoms with Crippen LogP contribution in [0.25, 0.3) is 0 Å². The molecule has 2 nitrogen and oxygen atoms in total. The van der Waals surface area contributed by atoms with E-state index in [1.54, 1.807) is 11.3 Å². The molecule has 0 fully saturated rings. The van der Waals surface area contributed by atoms with Gasteiger partial charge in [-0.15, -0.1) is 11.3 Å². The van der Waals surface area contributed by atoms with Crippen LogP contribution in [0.5, 0.6) is 0 Å². The highest BCUT2D eigenvalue weighted by Gasteiger charge is 2.06. The van der Waals surface area contributed by atoms with Crippen molar-refractivity contribution in [3.63, 3.8) is 0 Å². The van der Waals surface area contributed by atoms with Crippen LogP contribution in [0.4, 0.5) is 0 Å². The lowest BCUT2D eigenvalue weighted by Gasteiger charge is -2.14. The van der Waals surface area contributed by atoms with Crippen molar-refractivity contribution in [3.8, 4) is 0 Å². The Kier molecular flexibility index (Phi) is 6.65. The van der Waals surface area contributed by atoms with Crippen LogP contribution < -0.4 is 5.32 Å². The van der Waals surface area contributed by atoms with E-state index >= 15 is 0 Å². The van der Waals surface area contributed by atoms with E-state index < -0.39 is 0 Å². The molecule has 3 heteroatoms. The second kappa shape index (κ2) is 7.80. The molecule has 0 bridgehead atoms. The van der Waals surface area contributed by atoms with Crippen molar-refractivity contribution < 1.29 is 0 Å². The van der Waals surface area contributed by atoms with E-state index in [-0.39, 0.29) is 0 Å². The van der Waals surface area contributed by atoms with Crippen molar-refractivity contribution in [2.75, 3.05) is 6.54 Å². The topological polar surface area (TPSA) is 24.9 Å². The summed E-state index contributed by atoms with van der Waals surface area (Å²) in [5.41, 5.74) is 3.11. The first kappa shape index (κ1) is 13.7. The van der Waals surface area contributed by atoms with Gasteiger partial charge >= 0.3 is 0 Å². The van der Waals surface area contributed by atoms with Crippen LogP contribution in [0, 0.1) is 12.8 Å². The molecule has 1 N–H and O–H groups in total. The lowest BCUT2D eigenvalue weighted by atomic mass is 9.99. The van der Waals surface area contributed by atoms with E-state index in [9.17, 15) is 0 Å². The third-order valence-corrected chi connectivity index (χ3v) is 4.04. The zero-order chi connectivity index (χ0) is 11.8. The Morgan fingerprint density at radius 1 is 1.44 bits per heavy atom. The Hall–Kier alpha value is -0.410. The second-order valence-corrected chi connectivity index (χ2v) is 5.35. The van der Waals surface area contributed by atoms with Crippen molar-refractivity contribution >= 4 is 11.3 Å². The lowest BCUT2D eigenvalue weighted by molar-refractivity contribution is 0.420. The van der Waals surface area contributed by atoms with Gasteiger partial charge in [0.1, 0.15) is 0 Å². The first-order valence-electron chi connectivity index (χ1n) is 6.37. The van der Waals surface area contributed by atoms with Gasteiger partial charge in [-0.1, -0.05) is 33.1 Å². The molecule has 1 rings (SSSR count). The summed E-state index contributed by atoms with van der Waals surface area (Å²) in [7, 11) is 0. The fraction of sp³-hybridized carbons (Fsp3) is 0.769. The molecular formula is C13H24N2S. The molecule has 1 atom stereocenters. The van der Waals surface area contributed by atoms with Gasteiger partial charge in [-0.2, -0.15) is 0 Å². The van der Waals surface area contributed by atoms with Gasteiger partial charge in [0.05, 0.1) is 11.2 Å². The van der Waals surface area contributed by atoms with E-state index in [0.717, 1.165) is 19.0 Å². The van der Waals surface area contributed by atoms with Gasteiger partial charge in [0.15, 0.2) is 0 Å². The Morgan fingerprint density at radius 2 is 2.25 bits per heavy atom. The predicted molar refractivity (Wildman–Crippen MR) is 71.9 cm³/mol. The number of rotatable bonds is 8. The molecule has 16 heavy (non-hydrogen) atoms. The molecule has 0 amide bonds. The SMILES string of the molecule is CCCCC(CC)CNCc1scnc1C.